The van der Waals surface area contributed by atoms with Crippen LogP contribution in [0.3, 0.4) is 0 Å². The van der Waals surface area contributed by atoms with Crippen molar-refractivity contribution in [3.05, 3.63) is 69.7 Å². The number of alkyl halides is 3. The highest BCUT2D eigenvalue weighted by Gasteiger charge is 2.31. The van der Waals surface area contributed by atoms with Crippen LogP contribution >= 0.6 is 15.9 Å². The molecule has 8 heteroatoms. The molecule has 2 amide bonds. The van der Waals surface area contributed by atoms with E-state index >= 15 is 0 Å². The molecule has 0 spiro atoms. The molecule has 1 fully saturated rings. The Kier molecular flexibility index (Phi) is 5.55. The maximum atomic E-state index is 12.6. The average Bonchev–Trinajstić information content (AvgIpc) is 2.66. The maximum Gasteiger partial charge on any atom is 0.416 e. The number of amides is 2. The van der Waals surface area contributed by atoms with Crippen molar-refractivity contribution >= 4 is 27.7 Å². The number of rotatable bonds is 2. The summed E-state index contributed by atoms with van der Waals surface area (Å²) in [5.41, 5.74) is -0.0230. The van der Waals surface area contributed by atoms with Crippen LogP contribution in [0, 0.1) is 0 Å². The van der Waals surface area contributed by atoms with Crippen molar-refractivity contribution < 1.29 is 22.8 Å². The molecule has 0 atom stereocenters. The summed E-state index contributed by atoms with van der Waals surface area (Å²) in [5.74, 6) is -0.448. The standard InChI is InChI=1S/C19H16BrF3N2O2/c20-16-3-1-2-14(12-16)18(27)25-10-8-24(9-11-25)17(26)13-4-6-15(7-5-13)19(21,22)23/h1-7,12H,8-11H2. The largest absolute Gasteiger partial charge is 0.416 e. The summed E-state index contributed by atoms with van der Waals surface area (Å²) in [7, 11) is 0. The second kappa shape index (κ2) is 7.72. The first-order valence-electron chi connectivity index (χ1n) is 8.27. The summed E-state index contributed by atoms with van der Waals surface area (Å²) in [6, 6.07) is 11.3. The van der Waals surface area contributed by atoms with E-state index in [1.165, 1.54) is 12.1 Å². The van der Waals surface area contributed by atoms with E-state index < -0.39 is 11.7 Å². The van der Waals surface area contributed by atoms with Gasteiger partial charge >= 0.3 is 6.18 Å². The first-order chi connectivity index (χ1) is 12.8. The Morgan fingerprint density at radius 2 is 1.33 bits per heavy atom. The van der Waals surface area contributed by atoms with E-state index in [9.17, 15) is 22.8 Å². The van der Waals surface area contributed by atoms with Gasteiger partial charge in [0.25, 0.3) is 11.8 Å². The predicted molar refractivity (Wildman–Crippen MR) is 97.4 cm³/mol. The Morgan fingerprint density at radius 3 is 1.81 bits per heavy atom. The van der Waals surface area contributed by atoms with Crippen molar-refractivity contribution in [1.29, 1.82) is 0 Å². The van der Waals surface area contributed by atoms with Gasteiger partial charge in [-0.25, -0.2) is 0 Å². The number of hydrogen-bond donors (Lipinski definition) is 0. The second-order valence-electron chi connectivity index (χ2n) is 6.17. The molecule has 3 rings (SSSR count). The molecule has 1 saturated heterocycles. The SMILES string of the molecule is O=C(c1ccc(C(F)(F)F)cc1)N1CCN(C(=O)c2cccc(Br)c2)CC1. The fourth-order valence-corrected chi connectivity index (χ4v) is 3.30. The lowest BCUT2D eigenvalue weighted by Gasteiger charge is -2.35. The van der Waals surface area contributed by atoms with E-state index in [4.69, 9.17) is 0 Å². The fraction of sp³-hybridized carbons (Fsp3) is 0.263. The van der Waals surface area contributed by atoms with Crippen LogP contribution in [0.15, 0.2) is 53.0 Å². The lowest BCUT2D eigenvalue weighted by atomic mass is 10.1. The molecule has 0 unspecified atom stereocenters. The minimum absolute atomic E-state index is 0.113. The van der Waals surface area contributed by atoms with Crippen LogP contribution in [0.4, 0.5) is 13.2 Å². The molecule has 1 heterocycles. The number of carbonyl (C=O) groups is 2. The molecule has 4 nitrogen and oxygen atoms in total. The van der Waals surface area contributed by atoms with Crippen molar-refractivity contribution in [2.24, 2.45) is 0 Å². The minimum Gasteiger partial charge on any atom is -0.335 e. The molecule has 0 N–H and O–H groups in total. The lowest BCUT2D eigenvalue weighted by molar-refractivity contribution is -0.137. The summed E-state index contributed by atoms with van der Waals surface area (Å²) in [6.45, 7) is 1.41. The Balaban J connectivity index is 1.61. The van der Waals surface area contributed by atoms with Gasteiger partial charge in [0, 0.05) is 41.8 Å². The quantitative estimate of drug-likeness (QED) is 0.706. The van der Waals surface area contributed by atoms with E-state index in [0.29, 0.717) is 31.7 Å². The number of carbonyl (C=O) groups excluding carboxylic acids is 2. The fourth-order valence-electron chi connectivity index (χ4n) is 2.90. The maximum absolute atomic E-state index is 12.6. The topological polar surface area (TPSA) is 40.6 Å². The number of halogens is 4. The van der Waals surface area contributed by atoms with Gasteiger partial charge in [-0.05, 0) is 42.5 Å². The van der Waals surface area contributed by atoms with E-state index in [-0.39, 0.29) is 17.4 Å². The van der Waals surface area contributed by atoms with Crippen LogP contribution in [0.2, 0.25) is 0 Å². The molecule has 0 radical (unpaired) electrons. The highest BCUT2D eigenvalue weighted by atomic mass is 79.9. The van der Waals surface area contributed by atoms with Crippen LogP contribution in [0.1, 0.15) is 26.3 Å². The molecular formula is C19H16BrF3N2O2. The van der Waals surface area contributed by atoms with Crippen molar-refractivity contribution in [3.63, 3.8) is 0 Å². The smallest absolute Gasteiger partial charge is 0.335 e. The number of nitrogens with zero attached hydrogens (tertiary/aromatic N) is 2. The van der Waals surface area contributed by atoms with Gasteiger partial charge in [0.05, 0.1) is 5.56 Å². The van der Waals surface area contributed by atoms with Gasteiger partial charge in [0.2, 0.25) is 0 Å². The molecule has 0 aliphatic carbocycles. The monoisotopic (exact) mass is 440 g/mol. The van der Waals surface area contributed by atoms with E-state index in [1.54, 1.807) is 28.0 Å². The molecule has 142 valence electrons. The van der Waals surface area contributed by atoms with Gasteiger partial charge in [-0.3, -0.25) is 9.59 Å². The minimum atomic E-state index is -4.43. The van der Waals surface area contributed by atoms with Gasteiger partial charge in [0.1, 0.15) is 0 Å². The highest BCUT2D eigenvalue weighted by molar-refractivity contribution is 9.10. The summed E-state index contributed by atoms with van der Waals surface area (Å²) in [5, 5.41) is 0. The third-order valence-electron chi connectivity index (χ3n) is 4.38. The van der Waals surface area contributed by atoms with Crippen molar-refractivity contribution in [2.75, 3.05) is 26.2 Å². The molecule has 1 aliphatic rings. The summed E-state index contributed by atoms with van der Waals surface area (Å²) in [4.78, 5) is 28.2. The van der Waals surface area contributed by atoms with E-state index in [2.05, 4.69) is 15.9 Å². The number of hydrogen-bond acceptors (Lipinski definition) is 2. The Morgan fingerprint density at radius 1 is 0.815 bits per heavy atom. The average molecular weight is 441 g/mol. The first-order valence-corrected chi connectivity index (χ1v) is 9.06. The molecule has 1 aliphatic heterocycles. The third-order valence-corrected chi connectivity index (χ3v) is 4.88. The molecular weight excluding hydrogens is 425 g/mol. The highest BCUT2D eigenvalue weighted by Crippen LogP contribution is 2.29. The van der Waals surface area contributed by atoms with Crippen LogP contribution in [-0.4, -0.2) is 47.8 Å². The lowest BCUT2D eigenvalue weighted by Crippen LogP contribution is -2.50. The predicted octanol–water partition coefficient (Wildman–Crippen LogP) is 4.07. The number of piperazine rings is 1. The Bertz CT molecular complexity index is 845. The third kappa shape index (κ3) is 4.50. The van der Waals surface area contributed by atoms with Crippen molar-refractivity contribution in [3.8, 4) is 0 Å². The zero-order valence-corrected chi connectivity index (χ0v) is 15.8. The molecule has 0 saturated carbocycles. The molecule has 27 heavy (non-hydrogen) atoms. The zero-order chi connectivity index (χ0) is 19.6. The summed E-state index contributed by atoms with van der Waals surface area (Å²) < 4.78 is 38.7. The van der Waals surface area contributed by atoms with Crippen LogP contribution in [0.5, 0.6) is 0 Å². The van der Waals surface area contributed by atoms with Gasteiger partial charge in [-0.15, -0.1) is 0 Å². The van der Waals surface area contributed by atoms with Crippen LogP contribution in [-0.2, 0) is 6.18 Å². The van der Waals surface area contributed by atoms with Crippen molar-refractivity contribution in [2.45, 2.75) is 6.18 Å². The zero-order valence-electron chi connectivity index (χ0n) is 14.2. The van der Waals surface area contributed by atoms with Crippen molar-refractivity contribution in [1.82, 2.24) is 9.80 Å². The van der Waals surface area contributed by atoms with E-state index in [0.717, 1.165) is 16.6 Å². The van der Waals surface area contributed by atoms with Crippen LogP contribution in [0.25, 0.3) is 0 Å². The Hall–Kier alpha value is -2.35. The normalized spacial score (nSPS) is 15.0. The van der Waals surface area contributed by atoms with Gasteiger partial charge in [-0.1, -0.05) is 22.0 Å². The van der Waals surface area contributed by atoms with Gasteiger partial charge < -0.3 is 9.80 Å². The van der Waals surface area contributed by atoms with Crippen LogP contribution < -0.4 is 0 Å². The Labute approximate surface area is 162 Å². The van der Waals surface area contributed by atoms with Gasteiger partial charge in [0.15, 0.2) is 0 Å². The summed E-state index contributed by atoms with van der Waals surface area (Å²) >= 11 is 3.33. The summed E-state index contributed by atoms with van der Waals surface area (Å²) in [6.07, 6.45) is -4.43. The molecule has 2 aromatic rings. The first kappa shape index (κ1) is 19.4. The van der Waals surface area contributed by atoms with Gasteiger partial charge in [-0.2, -0.15) is 13.2 Å². The van der Waals surface area contributed by atoms with E-state index in [1.807, 2.05) is 6.07 Å². The number of benzene rings is 2. The molecule has 0 bridgehead atoms. The second-order valence-corrected chi connectivity index (χ2v) is 7.09. The molecule has 2 aromatic carbocycles. The molecule has 0 aromatic heterocycles.